The molecule has 3 aromatic rings. The SMILES string of the molecule is CCOC(=O)C(C)n1c2ccccc2c(=O)c2ccccc21. The van der Waals surface area contributed by atoms with Gasteiger partial charge >= 0.3 is 5.97 Å². The van der Waals surface area contributed by atoms with Crippen LogP contribution in [0.1, 0.15) is 19.9 Å². The fourth-order valence-corrected chi connectivity index (χ4v) is 2.81. The minimum Gasteiger partial charge on any atom is -0.464 e. The molecule has 112 valence electrons. The van der Waals surface area contributed by atoms with Gasteiger partial charge in [0.2, 0.25) is 0 Å². The van der Waals surface area contributed by atoms with Crippen molar-refractivity contribution < 1.29 is 9.53 Å². The molecule has 0 spiro atoms. The number of pyridine rings is 1. The first-order valence-corrected chi connectivity index (χ1v) is 7.33. The number of benzene rings is 2. The van der Waals surface area contributed by atoms with Crippen molar-refractivity contribution >= 4 is 27.8 Å². The maximum Gasteiger partial charge on any atom is 0.328 e. The molecule has 1 heterocycles. The molecular formula is C18H17NO3. The van der Waals surface area contributed by atoms with Gasteiger partial charge < -0.3 is 9.30 Å². The molecule has 0 radical (unpaired) electrons. The van der Waals surface area contributed by atoms with Crippen LogP contribution in [0, 0.1) is 0 Å². The van der Waals surface area contributed by atoms with Gasteiger partial charge in [0.05, 0.1) is 17.6 Å². The molecule has 22 heavy (non-hydrogen) atoms. The van der Waals surface area contributed by atoms with Crippen molar-refractivity contribution in [1.82, 2.24) is 4.57 Å². The number of carbonyl (C=O) groups excluding carboxylic acids is 1. The summed E-state index contributed by atoms with van der Waals surface area (Å²) in [6.07, 6.45) is 0. The van der Waals surface area contributed by atoms with Crippen LogP contribution in [0.15, 0.2) is 53.3 Å². The zero-order valence-electron chi connectivity index (χ0n) is 12.6. The average Bonchev–Trinajstić information content (AvgIpc) is 2.55. The number of esters is 1. The summed E-state index contributed by atoms with van der Waals surface area (Å²) in [5.41, 5.74) is 1.47. The molecule has 1 unspecified atom stereocenters. The number of nitrogens with zero attached hydrogens (tertiary/aromatic N) is 1. The third-order valence-corrected chi connectivity index (χ3v) is 3.83. The molecule has 0 aliphatic rings. The van der Waals surface area contributed by atoms with E-state index in [2.05, 4.69) is 0 Å². The summed E-state index contributed by atoms with van der Waals surface area (Å²) in [5, 5.41) is 1.22. The zero-order valence-corrected chi connectivity index (χ0v) is 12.6. The normalized spacial score (nSPS) is 12.5. The summed E-state index contributed by atoms with van der Waals surface area (Å²) >= 11 is 0. The molecule has 3 rings (SSSR count). The quantitative estimate of drug-likeness (QED) is 0.550. The lowest BCUT2D eigenvalue weighted by Gasteiger charge is -2.20. The summed E-state index contributed by atoms with van der Waals surface area (Å²) in [4.78, 5) is 24.8. The molecule has 2 aromatic carbocycles. The van der Waals surface area contributed by atoms with Gasteiger partial charge in [-0.3, -0.25) is 4.79 Å². The second kappa shape index (κ2) is 5.64. The predicted octanol–water partition coefficient (Wildman–Crippen LogP) is 3.28. The van der Waals surface area contributed by atoms with Gasteiger partial charge in [-0.05, 0) is 38.1 Å². The summed E-state index contributed by atoms with van der Waals surface area (Å²) in [5.74, 6) is -0.304. The molecule has 0 bridgehead atoms. The highest BCUT2D eigenvalue weighted by molar-refractivity contribution is 5.95. The van der Waals surface area contributed by atoms with E-state index in [9.17, 15) is 9.59 Å². The smallest absolute Gasteiger partial charge is 0.328 e. The Kier molecular flexibility index (Phi) is 3.67. The Bertz CT molecular complexity index is 851. The lowest BCUT2D eigenvalue weighted by molar-refractivity contribution is -0.146. The first kappa shape index (κ1) is 14.3. The minimum absolute atomic E-state index is 0.0153. The molecular weight excluding hydrogens is 278 g/mol. The minimum atomic E-state index is -0.504. The van der Waals surface area contributed by atoms with Crippen LogP contribution in [0.2, 0.25) is 0 Å². The van der Waals surface area contributed by atoms with Gasteiger partial charge in [-0.25, -0.2) is 4.79 Å². The summed E-state index contributed by atoms with van der Waals surface area (Å²) in [6, 6.07) is 14.2. The topological polar surface area (TPSA) is 48.3 Å². The van der Waals surface area contributed by atoms with Crippen LogP contribution in [0.25, 0.3) is 21.8 Å². The second-order valence-electron chi connectivity index (χ2n) is 5.16. The van der Waals surface area contributed by atoms with Crippen molar-refractivity contribution in [2.45, 2.75) is 19.9 Å². The highest BCUT2D eigenvalue weighted by Crippen LogP contribution is 2.24. The molecule has 0 aliphatic heterocycles. The fourth-order valence-electron chi connectivity index (χ4n) is 2.81. The number of ether oxygens (including phenoxy) is 1. The zero-order chi connectivity index (χ0) is 15.7. The average molecular weight is 295 g/mol. The Morgan fingerprint density at radius 3 is 2.05 bits per heavy atom. The van der Waals surface area contributed by atoms with Crippen molar-refractivity contribution in [2.75, 3.05) is 6.61 Å². The van der Waals surface area contributed by atoms with E-state index < -0.39 is 6.04 Å². The van der Waals surface area contributed by atoms with E-state index in [4.69, 9.17) is 4.74 Å². The highest BCUT2D eigenvalue weighted by Gasteiger charge is 2.20. The molecule has 4 heteroatoms. The first-order valence-electron chi connectivity index (χ1n) is 7.33. The number of aromatic nitrogens is 1. The largest absolute Gasteiger partial charge is 0.464 e. The number of hydrogen-bond acceptors (Lipinski definition) is 3. The molecule has 0 N–H and O–H groups in total. The fraction of sp³-hybridized carbons (Fsp3) is 0.222. The Morgan fingerprint density at radius 1 is 1.05 bits per heavy atom. The second-order valence-corrected chi connectivity index (χ2v) is 5.16. The molecule has 0 fully saturated rings. The lowest BCUT2D eigenvalue weighted by atomic mass is 10.1. The Labute approximate surface area is 127 Å². The number of para-hydroxylation sites is 2. The van der Waals surface area contributed by atoms with Crippen LogP contribution >= 0.6 is 0 Å². The van der Waals surface area contributed by atoms with Gasteiger partial charge in [0.1, 0.15) is 6.04 Å². The van der Waals surface area contributed by atoms with Gasteiger partial charge in [-0.15, -0.1) is 0 Å². The van der Waals surface area contributed by atoms with Crippen LogP contribution in [-0.2, 0) is 9.53 Å². The van der Waals surface area contributed by atoms with Crippen molar-refractivity contribution in [3.05, 3.63) is 58.8 Å². The number of carbonyl (C=O) groups is 1. The standard InChI is InChI=1S/C18H17NO3/c1-3-22-18(21)12(2)19-15-10-6-4-8-13(15)17(20)14-9-5-7-11-16(14)19/h4-12H,3H2,1-2H3. The monoisotopic (exact) mass is 295 g/mol. The number of fused-ring (bicyclic) bond motifs is 2. The highest BCUT2D eigenvalue weighted by atomic mass is 16.5. The molecule has 0 amide bonds. The molecule has 0 saturated carbocycles. The molecule has 1 aromatic heterocycles. The van der Waals surface area contributed by atoms with E-state index in [1.54, 1.807) is 26.0 Å². The number of rotatable bonds is 3. The Hall–Kier alpha value is -2.62. The van der Waals surface area contributed by atoms with Crippen LogP contribution < -0.4 is 5.43 Å². The molecule has 1 atom stereocenters. The van der Waals surface area contributed by atoms with Crippen LogP contribution in [0.3, 0.4) is 0 Å². The third-order valence-electron chi connectivity index (χ3n) is 3.83. The van der Waals surface area contributed by atoms with Crippen molar-refractivity contribution in [2.24, 2.45) is 0 Å². The molecule has 4 nitrogen and oxygen atoms in total. The van der Waals surface area contributed by atoms with Crippen molar-refractivity contribution in [1.29, 1.82) is 0 Å². The summed E-state index contributed by atoms with van der Waals surface area (Å²) in [7, 11) is 0. The number of hydrogen-bond donors (Lipinski definition) is 0. The Balaban J connectivity index is 2.41. The van der Waals surface area contributed by atoms with E-state index in [0.717, 1.165) is 11.0 Å². The van der Waals surface area contributed by atoms with E-state index in [0.29, 0.717) is 17.4 Å². The van der Waals surface area contributed by atoms with E-state index in [-0.39, 0.29) is 11.4 Å². The van der Waals surface area contributed by atoms with Crippen LogP contribution in [0.5, 0.6) is 0 Å². The van der Waals surface area contributed by atoms with E-state index >= 15 is 0 Å². The van der Waals surface area contributed by atoms with Crippen molar-refractivity contribution in [3.63, 3.8) is 0 Å². The molecule has 0 saturated heterocycles. The van der Waals surface area contributed by atoms with E-state index in [1.807, 2.05) is 41.0 Å². The predicted molar refractivity (Wildman–Crippen MR) is 87.1 cm³/mol. The van der Waals surface area contributed by atoms with Gasteiger partial charge in [0.15, 0.2) is 5.43 Å². The van der Waals surface area contributed by atoms with Crippen LogP contribution in [0.4, 0.5) is 0 Å². The Morgan fingerprint density at radius 2 is 1.55 bits per heavy atom. The third kappa shape index (κ3) is 2.17. The maximum atomic E-state index is 12.6. The summed E-state index contributed by atoms with van der Waals surface area (Å²) in [6.45, 7) is 3.91. The van der Waals surface area contributed by atoms with Crippen LogP contribution in [-0.4, -0.2) is 17.1 Å². The first-order chi connectivity index (χ1) is 10.6. The van der Waals surface area contributed by atoms with Gasteiger partial charge in [0, 0.05) is 10.8 Å². The van der Waals surface area contributed by atoms with E-state index in [1.165, 1.54) is 0 Å². The maximum absolute atomic E-state index is 12.6. The molecule has 0 aliphatic carbocycles. The summed E-state index contributed by atoms with van der Waals surface area (Å²) < 4.78 is 7.03. The lowest BCUT2D eigenvalue weighted by Crippen LogP contribution is -2.22. The van der Waals surface area contributed by atoms with Gasteiger partial charge in [-0.2, -0.15) is 0 Å². The van der Waals surface area contributed by atoms with Gasteiger partial charge in [0.25, 0.3) is 0 Å². The van der Waals surface area contributed by atoms with Crippen molar-refractivity contribution in [3.8, 4) is 0 Å². The van der Waals surface area contributed by atoms with Gasteiger partial charge in [-0.1, -0.05) is 24.3 Å².